The maximum atomic E-state index is 14.3. The highest BCUT2D eigenvalue weighted by atomic mass is 19.1. The number of nitrogens with zero attached hydrogens (tertiary/aromatic N) is 1. The molecule has 0 bridgehead atoms. The van der Waals surface area contributed by atoms with Crippen LogP contribution in [0.15, 0.2) is 90.8 Å². The maximum Gasteiger partial charge on any atom is 0.119 e. The Bertz CT molecular complexity index is 978. The van der Waals surface area contributed by atoms with Gasteiger partial charge in [0.25, 0.3) is 0 Å². The molecule has 0 aliphatic carbocycles. The molecule has 4 heteroatoms. The first-order chi connectivity index (χ1) is 15.8. The molecule has 166 valence electrons. The van der Waals surface area contributed by atoms with Crippen LogP contribution in [0.5, 0.6) is 5.75 Å². The van der Waals surface area contributed by atoms with Gasteiger partial charge < -0.3 is 9.47 Å². The fourth-order valence-corrected chi connectivity index (χ4v) is 3.79. The third-order valence-electron chi connectivity index (χ3n) is 5.70. The van der Waals surface area contributed by atoms with Crippen molar-refractivity contribution in [1.82, 2.24) is 4.90 Å². The van der Waals surface area contributed by atoms with Gasteiger partial charge in [-0.25, -0.2) is 4.39 Å². The number of hydrogen-bond acceptors (Lipinski definition) is 3. The van der Waals surface area contributed by atoms with Crippen LogP contribution in [-0.2, 0) is 17.6 Å². The largest absolute Gasteiger partial charge is 0.492 e. The van der Waals surface area contributed by atoms with Crippen LogP contribution >= 0.6 is 0 Å². The Morgan fingerprint density at radius 2 is 1.50 bits per heavy atom. The molecular formula is C28H30FNO2. The minimum Gasteiger partial charge on any atom is -0.492 e. The van der Waals surface area contributed by atoms with E-state index in [2.05, 4.69) is 17.0 Å². The van der Waals surface area contributed by atoms with Crippen molar-refractivity contribution in [2.75, 3.05) is 39.5 Å². The van der Waals surface area contributed by atoms with Crippen LogP contribution in [0.2, 0.25) is 0 Å². The van der Waals surface area contributed by atoms with Crippen molar-refractivity contribution >= 4 is 0 Å². The summed E-state index contributed by atoms with van der Waals surface area (Å²) >= 11 is 0. The summed E-state index contributed by atoms with van der Waals surface area (Å²) in [5.41, 5.74) is 4.32. The number of hydrogen-bond donors (Lipinski definition) is 0. The lowest BCUT2D eigenvalue weighted by atomic mass is 10.0. The van der Waals surface area contributed by atoms with Gasteiger partial charge in [-0.2, -0.15) is 0 Å². The van der Waals surface area contributed by atoms with Crippen LogP contribution in [0.1, 0.15) is 11.1 Å². The molecule has 1 fully saturated rings. The fraction of sp³-hybridized carbons (Fsp3) is 0.286. The van der Waals surface area contributed by atoms with Gasteiger partial charge >= 0.3 is 0 Å². The topological polar surface area (TPSA) is 21.7 Å². The molecule has 4 rings (SSSR count). The van der Waals surface area contributed by atoms with Gasteiger partial charge in [0.1, 0.15) is 18.2 Å². The predicted octanol–water partition coefficient (Wildman–Crippen LogP) is 5.70. The Labute approximate surface area is 190 Å². The Hall–Kier alpha value is -2.95. The van der Waals surface area contributed by atoms with Crippen LogP contribution in [-0.4, -0.2) is 44.4 Å². The Morgan fingerprint density at radius 3 is 2.19 bits per heavy atom. The first-order valence-electron chi connectivity index (χ1n) is 11.3. The Morgan fingerprint density at radius 1 is 0.844 bits per heavy atom. The second-order valence-electron chi connectivity index (χ2n) is 8.04. The predicted molar refractivity (Wildman–Crippen MR) is 128 cm³/mol. The quantitative estimate of drug-likeness (QED) is 0.434. The van der Waals surface area contributed by atoms with E-state index >= 15 is 0 Å². The lowest BCUT2D eigenvalue weighted by Gasteiger charge is -2.26. The number of allylic oxidation sites excluding steroid dienone is 2. The molecular weight excluding hydrogens is 401 g/mol. The molecule has 3 aromatic rings. The van der Waals surface area contributed by atoms with Crippen molar-refractivity contribution in [3.8, 4) is 16.9 Å². The normalized spacial score (nSPS) is 15.0. The van der Waals surface area contributed by atoms with E-state index in [1.807, 2.05) is 66.7 Å². The fourth-order valence-electron chi connectivity index (χ4n) is 3.79. The summed E-state index contributed by atoms with van der Waals surface area (Å²) in [6.45, 7) is 5.17. The number of benzene rings is 3. The van der Waals surface area contributed by atoms with E-state index in [1.54, 1.807) is 6.08 Å². The summed E-state index contributed by atoms with van der Waals surface area (Å²) in [5, 5.41) is 0. The highest BCUT2D eigenvalue weighted by molar-refractivity contribution is 5.64. The van der Waals surface area contributed by atoms with Gasteiger partial charge in [0, 0.05) is 26.1 Å². The highest BCUT2D eigenvalue weighted by Gasteiger charge is 2.09. The maximum absolute atomic E-state index is 14.3. The van der Waals surface area contributed by atoms with Gasteiger partial charge in [-0.05, 0) is 46.9 Å². The molecule has 0 N–H and O–H groups in total. The molecule has 0 aromatic heterocycles. The van der Waals surface area contributed by atoms with Crippen molar-refractivity contribution in [3.05, 3.63) is 102 Å². The van der Waals surface area contributed by atoms with Crippen LogP contribution < -0.4 is 4.74 Å². The molecule has 0 atom stereocenters. The van der Waals surface area contributed by atoms with Crippen molar-refractivity contribution < 1.29 is 13.9 Å². The molecule has 1 heterocycles. The summed E-state index contributed by atoms with van der Waals surface area (Å²) in [6.07, 6.45) is 2.61. The molecule has 3 aromatic carbocycles. The molecule has 1 aliphatic rings. The van der Waals surface area contributed by atoms with Gasteiger partial charge in [-0.3, -0.25) is 4.90 Å². The average Bonchev–Trinajstić information content (AvgIpc) is 2.85. The molecule has 3 nitrogen and oxygen atoms in total. The van der Waals surface area contributed by atoms with E-state index < -0.39 is 0 Å². The lowest BCUT2D eigenvalue weighted by molar-refractivity contribution is 0.0322. The van der Waals surface area contributed by atoms with E-state index in [4.69, 9.17) is 9.47 Å². The zero-order valence-corrected chi connectivity index (χ0v) is 18.4. The van der Waals surface area contributed by atoms with Gasteiger partial charge in [-0.1, -0.05) is 66.7 Å². The molecule has 0 radical (unpaired) electrons. The first kappa shape index (κ1) is 22.3. The average molecular weight is 432 g/mol. The van der Waals surface area contributed by atoms with Crippen LogP contribution in [0.25, 0.3) is 11.1 Å². The second-order valence-corrected chi connectivity index (χ2v) is 8.04. The Kier molecular flexibility index (Phi) is 8.07. The number of ether oxygens (including phenoxy) is 2. The molecule has 1 saturated heterocycles. The summed E-state index contributed by atoms with van der Waals surface area (Å²) in [7, 11) is 0. The Balaban J connectivity index is 1.26. The lowest BCUT2D eigenvalue weighted by Crippen LogP contribution is -2.38. The van der Waals surface area contributed by atoms with Crippen LogP contribution in [0.3, 0.4) is 0 Å². The van der Waals surface area contributed by atoms with Crippen LogP contribution in [0.4, 0.5) is 4.39 Å². The van der Waals surface area contributed by atoms with E-state index in [9.17, 15) is 4.39 Å². The zero-order chi connectivity index (χ0) is 22.0. The van der Waals surface area contributed by atoms with Crippen molar-refractivity contribution in [2.24, 2.45) is 0 Å². The monoisotopic (exact) mass is 431 g/mol. The third-order valence-corrected chi connectivity index (χ3v) is 5.70. The van der Waals surface area contributed by atoms with E-state index in [-0.39, 0.29) is 5.83 Å². The van der Waals surface area contributed by atoms with Gasteiger partial charge in [0.2, 0.25) is 0 Å². The van der Waals surface area contributed by atoms with Crippen molar-refractivity contribution in [2.45, 2.75) is 12.8 Å². The third kappa shape index (κ3) is 6.78. The minimum atomic E-state index is -0.0971. The summed E-state index contributed by atoms with van der Waals surface area (Å²) in [5.74, 6) is 0.782. The van der Waals surface area contributed by atoms with Crippen LogP contribution in [0, 0.1) is 0 Å². The highest BCUT2D eigenvalue weighted by Crippen LogP contribution is 2.24. The summed E-state index contributed by atoms with van der Waals surface area (Å²) in [6, 6.07) is 26.2. The smallest absolute Gasteiger partial charge is 0.119 e. The van der Waals surface area contributed by atoms with E-state index in [0.717, 1.165) is 60.9 Å². The standard InChI is InChI=1S/C28H30FNO2/c29-27(13-8-23-4-2-1-3-5-23)22-24-6-9-25(10-7-24)26-11-14-28(15-12-26)32-21-18-30-16-19-31-20-17-30/h1-7,9-15H,8,16-22H2. The van der Waals surface area contributed by atoms with E-state index in [0.29, 0.717) is 19.4 Å². The zero-order valence-electron chi connectivity index (χ0n) is 18.4. The van der Waals surface area contributed by atoms with Crippen molar-refractivity contribution in [1.29, 1.82) is 0 Å². The number of halogens is 1. The second kappa shape index (κ2) is 11.6. The minimum absolute atomic E-state index is 0.0971. The first-order valence-corrected chi connectivity index (χ1v) is 11.3. The van der Waals surface area contributed by atoms with Gasteiger partial charge in [0.05, 0.1) is 13.2 Å². The molecule has 0 amide bonds. The summed E-state index contributed by atoms with van der Waals surface area (Å²) in [4.78, 5) is 2.36. The van der Waals surface area contributed by atoms with E-state index in [1.165, 1.54) is 0 Å². The molecule has 1 aliphatic heterocycles. The summed E-state index contributed by atoms with van der Waals surface area (Å²) < 4.78 is 25.6. The molecule has 0 spiro atoms. The molecule has 0 unspecified atom stereocenters. The molecule has 0 saturated carbocycles. The van der Waals surface area contributed by atoms with Crippen molar-refractivity contribution in [3.63, 3.8) is 0 Å². The SMILES string of the molecule is FC(=CCc1ccccc1)Cc1ccc(-c2ccc(OCCN3CCOCC3)cc2)cc1. The molecule has 32 heavy (non-hydrogen) atoms. The van der Waals surface area contributed by atoms with Gasteiger partial charge in [-0.15, -0.1) is 0 Å². The van der Waals surface area contributed by atoms with Gasteiger partial charge in [0.15, 0.2) is 0 Å². The number of morpholine rings is 1. The number of rotatable bonds is 9.